The minimum Gasteiger partial charge on any atom is -0.464 e. The first-order valence-electron chi connectivity index (χ1n) is 7.05. The van der Waals surface area contributed by atoms with Crippen LogP contribution in [0.1, 0.15) is 44.8 Å². The van der Waals surface area contributed by atoms with Crippen molar-refractivity contribution < 1.29 is 8.63 Å². The molecule has 0 aliphatic heterocycles. The van der Waals surface area contributed by atoms with E-state index in [2.05, 4.69) is 4.72 Å². The molecule has 2 atom stereocenters. The van der Waals surface area contributed by atoms with Gasteiger partial charge in [-0.15, -0.1) is 0 Å². The second-order valence-corrected chi connectivity index (χ2v) is 8.35. The molecule has 0 saturated heterocycles. The molecule has 1 aromatic heterocycles. The molecular formula is C17H23NO2S. The van der Waals surface area contributed by atoms with Crippen molar-refractivity contribution in [3.05, 3.63) is 59.5 Å². The Labute approximate surface area is 129 Å². The van der Waals surface area contributed by atoms with E-state index in [4.69, 9.17) is 4.42 Å². The van der Waals surface area contributed by atoms with E-state index >= 15 is 0 Å². The standard InChI is InChI=1S/C17H23NO2S/c1-13-11-12-15(20-13)17(5,14-9-7-6-8-10-14)18-21(19)16(2,3)4/h6-12,18H,1-5H3/t17-,21-/m1/s1. The number of furan rings is 1. The predicted molar refractivity (Wildman–Crippen MR) is 87.4 cm³/mol. The van der Waals surface area contributed by atoms with Crippen molar-refractivity contribution in [2.24, 2.45) is 0 Å². The third-order valence-electron chi connectivity index (χ3n) is 3.44. The van der Waals surface area contributed by atoms with Crippen molar-refractivity contribution in [1.82, 2.24) is 4.72 Å². The molecular weight excluding hydrogens is 282 g/mol. The van der Waals surface area contributed by atoms with Crippen molar-refractivity contribution in [2.45, 2.75) is 44.9 Å². The molecule has 0 spiro atoms. The molecule has 21 heavy (non-hydrogen) atoms. The summed E-state index contributed by atoms with van der Waals surface area (Å²) >= 11 is 0. The largest absolute Gasteiger partial charge is 0.464 e. The Morgan fingerprint density at radius 3 is 2.10 bits per heavy atom. The summed E-state index contributed by atoms with van der Waals surface area (Å²) < 4.78 is 21.3. The van der Waals surface area contributed by atoms with Gasteiger partial charge in [-0.3, -0.25) is 0 Å². The van der Waals surface area contributed by atoms with Crippen LogP contribution in [0.2, 0.25) is 0 Å². The van der Waals surface area contributed by atoms with Gasteiger partial charge < -0.3 is 4.42 Å². The third kappa shape index (κ3) is 3.44. The van der Waals surface area contributed by atoms with Crippen molar-refractivity contribution >= 4 is 11.0 Å². The highest BCUT2D eigenvalue weighted by atomic mass is 32.2. The van der Waals surface area contributed by atoms with E-state index in [1.165, 1.54) is 0 Å². The second kappa shape index (κ2) is 5.78. The summed E-state index contributed by atoms with van der Waals surface area (Å²) in [6, 6.07) is 13.8. The van der Waals surface area contributed by atoms with Crippen molar-refractivity contribution in [2.75, 3.05) is 0 Å². The van der Waals surface area contributed by atoms with E-state index in [-0.39, 0.29) is 4.75 Å². The number of aryl methyl sites for hydroxylation is 1. The van der Waals surface area contributed by atoms with Gasteiger partial charge in [0.2, 0.25) is 0 Å². The average molecular weight is 305 g/mol. The monoisotopic (exact) mass is 305 g/mol. The van der Waals surface area contributed by atoms with Gasteiger partial charge in [0.25, 0.3) is 0 Å². The highest BCUT2D eigenvalue weighted by Crippen LogP contribution is 2.32. The Morgan fingerprint density at radius 2 is 1.62 bits per heavy atom. The maximum atomic E-state index is 12.6. The molecule has 0 fully saturated rings. The molecule has 0 saturated carbocycles. The Kier molecular flexibility index (Phi) is 4.40. The maximum Gasteiger partial charge on any atom is 0.129 e. The van der Waals surface area contributed by atoms with Crippen LogP contribution in [-0.2, 0) is 16.5 Å². The van der Waals surface area contributed by atoms with E-state index in [0.717, 1.165) is 17.1 Å². The van der Waals surface area contributed by atoms with Crippen LogP contribution in [0.3, 0.4) is 0 Å². The summed E-state index contributed by atoms with van der Waals surface area (Å²) in [7, 11) is -1.21. The molecule has 2 aromatic rings. The number of nitrogens with one attached hydrogen (secondary N) is 1. The molecule has 2 rings (SSSR count). The zero-order chi connectivity index (χ0) is 15.7. The zero-order valence-electron chi connectivity index (χ0n) is 13.3. The zero-order valence-corrected chi connectivity index (χ0v) is 14.1. The fourth-order valence-electron chi connectivity index (χ4n) is 2.06. The third-order valence-corrected chi connectivity index (χ3v) is 5.14. The fraction of sp³-hybridized carbons (Fsp3) is 0.412. The fourth-order valence-corrected chi connectivity index (χ4v) is 2.96. The van der Waals surface area contributed by atoms with Gasteiger partial charge in [-0.1, -0.05) is 30.3 Å². The minimum atomic E-state index is -1.21. The van der Waals surface area contributed by atoms with Crippen molar-refractivity contribution in [3.8, 4) is 0 Å². The molecule has 0 unspecified atom stereocenters. The van der Waals surface area contributed by atoms with E-state index in [1.54, 1.807) is 0 Å². The van der Waals surface area contributed by atoms with Crippen LogP contribution in [0.25, 0.3) is 0 Å². The lowest BCUT2D eigenvalue weighted by Crippen LogP contribution is -2.46. The lowest BCUT2D eigenvalue weighted by molar-refractivity contribution is 0.380. The first-order valence-corrected chi connectivity index (χ1v) is 8.20. The maximum absolute atomic E-state index is 12.6. The van der Waals surface area contributed by atoms with Gasteiger partial charge in [-0.05, 0) is 52.3 Å². The molecule has 1 heterocycles. The lowest BCUT2D eigenvalue weighted by atomic mass is 9.91. The predicted octanol–water partition coefficient (Wildman–Crippen LogP) is 3.90. The lowest BCUT2D eigenvalue weighted by Gasteiger charge is -2.32. The number of hydrogen-bond acceptors (Lipinski definition) is 2. The highest BCUT2D eigenvalue weighted by Gasteiger charge is 2.36. The number of benzene rings is 1. The van der Waals surface area contributed by atoms with Gasteiger partial charge >= 0.3 is 0 Å². The summed E-state index contributed by atoms with van der Waals surface area (Å²) in [6.07, 6.45) is 0. The number of rotatable bonds is 4. The second-order valence-electron chi connectivity index (χ2n) is 6.38. The van der Waals surface area contributed by atoms with Gasteiger partial charge in [0.05, 0.1) is 15.7 Å². The Morgan fingerprint density at radius 1 is 1.00 bits per heavy atom. The Bertz CT molecular complexity index is 628. The molecule has 0 aliphatic carbocycles. The van der Waals surface area contributed by atoms with Crippen LogP contribution in [0.4, 0.5) is 0 Å². The van der Waals surface area contributed by atoms with Crippen LogP contribution in [0, 0.1) is 6.92 Å². The van der Waals surface area contributed by atoms with E-state index < -0.39 is 16.5 Å². The van der Waals surface area contributed by atoms with Gasteiger partial charge in [-0.2, -0.15) is 0 Å². The Balaban J connectivity index is 2.47. The highest BCUT2D eigenvalue weighted by molar-refractivity contribution is 7.84. The smallest absolute Gasteiger partial charge is 0.129 e. The molecule has 1 aromatic carbocycles. The quantitative estimate of drug-likeness (QED) is 0.930. The summed E-state index contributed by atoms with van der Waals surface area (Å²) in [4.78, 5) is 0. The van der Waals surface area contributed by atoms with E-state index in [1.807, 2.05) is 77.1 Å². The average Bonchev–Trinajstić information content (AvgIpc) is 2.86. The summed E-state index contributed by atoms with van der Waals surface area (Å²) in [5.41, 5.74) is 0.394. The van der Waals surface area contributed by atoms with E-state index in [9.17, 15) is 4.21 Å². The van der Waals surface area contributed by atoms with Crippen LogP contribution < -0.4 is 4.72 Å². The SMILES string of the molecule is Cc1ccc([C@](C)(N[S@](=O)C(C)(C)C)c2ccccc2)o1. The molecule has 114 valence electrons. The van der Waals surface area contributed by atoms with Gasteiger partial charge in [0.15, 0.2) is 0 Å². The molecule has 0 radical (unpaired) electrons. The summed E-state index contributed by atoms with van der Waals surface area (Å²) in [5, 5.41) is 0. The molecule has 4 heteroatoms. The van der Waals surface area contributed by atoms with Gasteiger partial charge in [0, 0.05) is 0 Å². The van der Waals surface area contributed by atoms with Crippen molar-refractivity contribution in [3.63, 3.8) is 0 Å². The first-order chi connectivity index (χ1) is 9.73. The molecule has 0 aliphatic rings. The van der Waals surface area contributed by atoms with Crippen molar-refractivity contribution in [1.29, 1.82) is 0 Å². The minimum absolute atomic E-state index is 0.350. The molecule has 0 amide bonds. The molecule has 3 nitrogen and oxygen atoms in total. The van der Waals surface area contributed by atoms with Crippen LogP contribution >= 0.6 is 0 Å². The van der Waals surface area contributed by atoms with Crippen LogP contribution in [-0.4, -0.2) is 8.96 Å². The van der Waals surface area contributed by atoms with Gasteiger partial charge in [-0.25, -0.2) is 8.93 Å². The van der Waals surface area contributed by atoms with Gasteiger partial charge in [0.1, 0.15) is 17.1 Å². The topological polar surface area (TPSA) is 42.2 Å². The number of hydrogen-bond donors (Lipinski definition) is 1. The van der Waals surface area contributed by atoms with Crippen LogP contribution in [0.5, 0.6) is 0 Å². The summed E-state index contributed by atoms with van der Waals surface area (Å²) in [6.45, 7) is 9.78. The molecule has 1 N–H and O–H groups in total. The first kappa shape index (κ1) is 16.0. The van der Waals surface area contributed by atoms with Crippen LogP contribution in [0.15, 0.2) is 46.9 Å². The van der Waals surface area contributed by atoms with E-state index in [0.29, 0.717) is 0 Å². The Hall–Kier alpha value is -1.39. The summed E-state index contributed by atoms with van der Waals surface area (Å²) in [5.74, 6) is 1.61. The normalized spacial score (nSPS) is 16.4. The molecule has 0 bridgehead atoms.